The number of fused-ring (bicyclic) bond motifs is 6. The van der Waals surface area contributed by atoms with Crippen molar-refractivity contribution < 1.29 is 23.4 Å². The Bertz CT molecular complexity index is 1850. The lowest BCUT2D eigenvalue weighted by Gasteiger charge is -2.37. The summed E-state index contributed by atoms with van der Waals surface area (Å²) in [4.78, 5) is 14.6. The van der Waals surface area contributed by atoms with Crippen LogP contribution < -0.4 is 15.0 Å². The van der Waals surface area contributed by atoms with Gasteiger partial charge in [-0.05, 0) is 91.1 Å². The van der Waals surface area contributed by atoms with E-state index in [0.29, 0.717) is 70.3 Å². The Hall–Kier alpha value is -3.60. The standard InChI is InChI=1S/C37H41F2N5O3/c1-2-27-31(38)10-3-21-13-26(45)14-30(32(21)27)28-8-9-29-34(33(28)39)41-36(42-35(29)43-15-22-4-5-23(16-43)40-22)47-20-37(11-12-37)19-44-24-6-7-25(44)18-46-17-24/h3,8-10,13-14,22-25,40,45H,2,4-7,11-12,15-20H2,1H3. The number of aromatic nitrogens is 2. The van der Waals surface area contributed by atoms with Gasteiger partial charge in [-0.3, -0.25) is 4.90 Å². The first-order chi connectivity index (χ1) is 22.9. The van der Waals surface area contributed by atoms with Crippen LogP contribution in [0.4, 0.5) is 14.6 Å². The maximum Gasteiger partial charge on any atom is 0.319 e. The molecular weight excluding hydrogens is 600 g/mol. The van der Waals surface area contributed by atoms with E-state index in [0.717, 1.165) is 58.5 Å². The highest BCUT2D eigenvalue weighted by Crippen LogP contribution is 2.49. The second kappa shape index (κ2) is 11.2. The minimum atomic E-state index is -0.529. The molecule has 1 aromatic heterocycles. The van der Waals surface area contributed by atoms with Gasteiger partial charge in [-0.25, -0.2) is 8.78 Å². The average molecular weight is 642 g/mol. The first-order valence-corrected chi connectivity index (χ1v) is 17.3. The first-order valence-electron chi connectivity index (χ1n) is 17.3. The Morgan fingerprint density at radius 2 is 1.74 bits per heavy atom. The van der Waals surface area contributed by atoms with Crippen LogP contribution in [0, 0.1) is 17.0 Å². The van der Waals surface area contributed by atoms with Crippen LogP contribution in [-0.2, 0) is 11.2 Å². The van der Waals surface area contributed by atoms with Crippen molar-refractivity contribution >= 4 is 27.5 Å². The van der Waals surface area contributed by atoms with E-state index >= 15 is 8.78 Å². The zero-order chi connectivity index (χ0) is 31.9. The summed E-state index contributed by atoms with van der Waals surface area (Å²) in [6, 6.07) is 11.6. The molecule has 0 radical (unpaired) electrons. The number of benzene rings is 3. The molecule has 10 heteroatoms. The zero-order valence-electron chi connectivity index (χ0n) is 26.8. The van der Waals surface area contributed by atoms with Gasteiger partial charge in [0.05, 0.1) is 19.8 Å². The molecule has 0 amide bonds. The van der Waals surface area contributed by atoms with E-state index in [1.807, 2.05) is 13.0 Å². The van der Waals surface area contributed by atoms with Gasteiger partial charge in [-0.1, -0.05) is 19.1 Å². The summed E-state index contributed by atoms with van der Waals surface area (Å²) in [7, 11) is 0. The number of nitrogens with one attached hydrogen (secondary N) is 1. The second-order valence-corrected chi connectivity index (χ2v) is 14.6. The van der Waals surface area contributed by atoms with Gasteiger partial charge in [0.25, 0.3) is 0 Å². The summed E-state index contributed by atoms with van der Waals surface area (Å²) in [6.45, 7) is 6.52. The van der Waals surface area contributed by atoms with Gasteiger partial charge >= 0.3 is 6.01 Å². The Morgan fingerprint density at radius 3 is 2.47 bits per heavy atom. The van der Waals surface area contributed by atoms with E-state index in [9.17, 15) is 5.11 Å². The molecule has 4 unspecified atom stereocenters. The van der Waals surface area contributed by atoms with E-state index in [1.54, 1.807) is 18.2 Å². The largest absolute Gasteiger partial charge is 0.508 e. The Balaban J connectivity index is 1.12. The molecule has 1 saturated carbocycles. The Kier molecular flexibility index (Phi) is 7.06. The quantitative estimate of drug-likeness (QED) is 0.244. The Labute approximate surface area is 273 Å². The van der Waals surface area contributed by atoms with Crippen LogP contribution in [0.1, 0.15) is 51.0 Å². The topological polar surface area (TPSA) is 83.0 Å². The molecule has 2 N–H and O–H groups in total. The molecule has 246 valence electrons. The van der Waals surface area contributed by atoms with Crippen molar-refractivity contribution in [1.29, 1.82) is 0 Å². The third kappa shape index (κ3) is 5.11. The molecular formula is C37H41F2N5O3. The molecule has 1 aliphatic carbocycles. The summed E-state index contributed by atoms with van der Waals surface area (Å²) in [5, 5.41) is 16.2. The van der Waals surface area contributed by atoms with Gasteiger partial charge in [0.1, 0.15) is 22.9 Å². The summed E-state index contributed by atoms with van der Waals surface area (Å²) >= 11 is 0. The minimum absolute atomic E-state index is 0.00668. The number of hydrogen-bond acceptors (Lipinski definition) is 8. The number of phenolic OH excluding ortho intramolecular Hbond substituents is 1. The lowest BCUT2D eigenvalue weighted by atomic mass is 9.92. The maximum absolute atomic E-state index is 17.0. The molecule has 4 aliphatic heterocycles. The lowest BCUT2D eigenvalue weighted by molar-refractivity contribution is -0.0271. The number of ether oxygens (including phenoxy) is 2. The second-order valence-electron chi connectivity index (χ2n) is 14.6. The van der Waals surface area contributed by atoms with Crippen LogP contribution in [0.3, 0.4) is 0 Å². The van der Waals surface area contributed by atoms with Crippen LogP contribution in [0.15, 0.2) is 36.4 Å². The highest BCUT2D eigenvalue weighted by molar-refractivity contribution is 6.03. The number of phenols is 1. The lowest BCUT2D eigenvalue weighted by Crippen LogP contribution is -2.51. The van der Waals surface area contributed by atoms with Crippen molar-refractivity contribution in [2.45, 2.75) is 76.0 Å². The van der Waals surface area contributed by atoms with Crippen molar-refractivity contribution in [3.8, 4) is 22.9 Å². The molecule has 4 aromatic rings. The molecule has 5 aliphatic rings. The molecule has 5 heterocycles. The number of aromatic hydroxyl groups is 1. The summed E-state index contributed by atoms with van der Waals surface area (Å²) in [5.41, 5.74) is 1.41. The summed E-state index contributed by atoms with van der Waals surface area (Å²) in [6.07, 6.45) is 7.20. The molecule has 47 heavy (non-hydrogen) atoms. The van der Waals surface area contributed by atoms with Crippen LogP contribution in [0.5, 0.6) is 11.8 Å². The van der Waals surface area contributed by atoms with Gasteiger partial charge in [0, 0.05) is 60.2 Å². The molecule has 0 spiro atoms. The molecule has 5 fully saturated rings. The number of aryl methyl sites for hydroxylation is 1. The average Bonchev–Trinajstić information content (AvgIpc) is 3.72. The van der Waals surface area contributed by atoms with E-state index < -0.39 is 5.82 Å². The van der Waals surface area contributed by atoms with Gasteiger partial charge in [0.2, 0.25) is 0 Å². The molecule has 4 saturated heterocycles. The fourth-order valence-electron chi connectivity index (χ4n) is 8.77. The van der Waals surface area contributed by atoms with Gasteiger partial charge in [0.15, 0.2) is 5.82 Å². The Morgan fingerprint density at radius 1 is 0.979 bits per heavy atom. The van der Waals surface area contributed by atoms with E-state index in [1.165, 1.54) is 25.0 Å². The third-order valence-corrected chi connectivity index (χ3v) is 11.5. The van der Waals surface area contributed by atoms with Crippen LogP contribution in [0.25, 0.3) is 32.8 Å². The van der Waals surface area contributed by atoms with Crippen LogP contribution in [-0.4, -0.2) is 83.6 Å². The number of hydrogen-bond donors (Lipinski definition) is 2. The van der Waals surface area contributed by atoms with Gasteiger partial charge < -0.3 is 24.8 Å². The number of halogens is 2. The predicted molar refractivity (Wildman–Crippen MR) is 177 cm³/mol. The van der Waals surface area contributed by atoms with E-state index in [2.05, 4.69) is 15.1 Å². The molecule has 3 aromatic carbocycles. The van der Waals surface area contributed by atoms with Crippen LogP contribution >= 0.6 is 0 Å². The predicted octanol–water partition coefficient (Wildman–Crippen LogP) is 5.96. The smallest absolute Gasteiger partial charge is 0.319 e. The summed E-state index contributed by atoms with van der Waals surface area (Å²) in [5.74, 6) is -0.196. The normalized spacial score (nSPS) is 26.4. The maximum atomic E-state index is 17.0. The van der Waals surface area contributed by atoms with Crippen molar-refractivity contribution in [2.24, 2.45) is 5.41 Å². The fraction of sp³-hybridized carbons (Fsp3) is 0.514. The van der Waals surface area contributed by atoms with Gasteiger partial charge in [-0.15, -0.1) is 0 Å². The van der Waals surface area contributed by atoms with E-state index in [4.69, 9.17) is 19.4 Å². The fourth-order valence-corrected chi connectivity index (χ4v) is 8.77. The van der Waals surface area contributed by atoms with Crippen LogP contribution in [0.2, 0.25) is 0 Å². The molecule has 4 bridgehead atoms. The van der Waals surface area contributed by atoms with E-state index in [-0.39, 0.29) is 34.1 Å². The highest BCUT2D eigenvalue weighted by atomic mass is 19.1. The van der Waals surface area contributed by atoms with Gasteiger partial charge in [-0.2, -0.15) is 9.97 Å². The monoisotopic (exact) mass is 641 g/mol. The number of nitrogens with zero attached hydrogens (tertiary/aromatic N) is 4. The molecule has 4 atom stereocenters. The number of piperazine rings is 1. The number of anilines is 1. The van der Waals surface area contributed by atoms with Crippen molar-refractivity contribution in [2.75, 3.05) is 44.4 Å². The third-order valence-electron chi connectivity index (χ3n) is 11.5. The molecule has 9 rings (SSSR count). The zero-order valence-corrected chi connectivity index (χ0v) is 26.8. The highest BCUT2D eigenvalue weighted by Gasteiger charge is 2.49. The van der Waals surface area contributed by atoms with Crippen molar-refractivity contribution in [1.82, 2.24) is 20.2 Å². The molecule has 8 nitrogen and oxygen atoms in total. The number of rotatable bonds is 8. The number of morpholine rings is 1. The van der Waals surface area contributed by atoms with Crippen molar-refractivity contribution in [3.05, 3.63) is 53.6 Å². The van der Waals surface area contributed by atoms with Crippen molar-refractivity contribution in [3.63, 3.8) is 0 Å². The minimum Gasteiger partial charge on any atom is -0.508 e. The summed E-state index contributed by atoms with van der Waals surface area (Å²) < 4.78 is 44.2. The first kappa shape index (κ1) is 29.5. The SMILES string of the molecule is CCc1c(F)ccc2cc(O)cc(-c3ccc4c(N5CC6CCC(C5)N6)nc(OCC5(CN6C7CCC6COC7)CC5)nc4c3F)c12.